The lowest BCUT2D eigenvalue weighted by Crippen LogP contribution is -1.94. The molecule has 0 bridgehead atoms. The predicted octanol–water partition coefficient (Wildman–Crippen LogP) is 3.17. The predicted molar refractivity (Wildman–Crippen MR) is 56.1 cm³/mol. The summed E-state index contributed by atoms with van der Waals surface area (Å²) in [6.45, 7) is 0. The highest BCUT2D eigenvalue weighted by Gasteiger charge is 2.15. The minimum atomic E-state index is -1.50. The van der Waals surface area contributed by atoms with Crippen molar-refractivity contribution in [1.82, 2.24) is 4.98 Å². The molecule has 1 aromatic heterocycles. The van der Waals surface area contributed by atoms with Gasteiger partial charge in [0.25, 0.3) is 0 Å². The van der Waals surface area contributed by atoms with Crippen molar-refractivity contribution in [2.24, 2.45) is 0 Å². The second-order valence-corrected chi connectivity index (χ2v) is 3.34. The first-order valence-corrected chi connectivity index (χ1v) is 4.76. The minimum Gasteiger partial charge on any atom is -0.495 e. The standard InChI is InChI=1S/C12H8F3NO/c1-17-8-4-7(5-16-6-8)9-2-3-10(13)12(15)11(9)14/h2-6H,1H3. The Hall–Kier alpha value is -2.04. The van der Waals surface area contributed by atoms with Gasteiger partial charge in [-0.15, -0.1) is 0 Å². The Morgan fingerprint density at radius 2 is 1.82 bits per heavy atom. The van der Waals surface area contributed by atoms with Crippen LogP contribution in [0.25, 0.3) is 11.1 Å². The summed E-state index contributed by atoms with van der Waals surface area (Å²) >= 11 is 0. The highest BCUT2D eigenvalue weighted by Crippen LogP contribution is 2.27. The Balaban J connectivity index is 2.56. The Labute approximate surface area is 95.7 Å². The number of aromatic nitrogens is 1. The van der Waals surface area contributed by atoms with Crippen LogP contribution in [0, 0.1) is 17.5 Å². The van der Waals surface area contributed by atoms with E-state index >= 15 is 0 Å². The third-order valence-corrected chi connectivity index (χ3v) is 2.30. The van der Waals surface area contributed by atoms with Gasteiger partial charge in [-0.2, -0.15) is 0 Å². The van der Waals surface area contributed by atoms with Crippen LogP contribution in [0.1, 0.15) is 0 Å². The lowest BCUT2D eigenvalue weighted by molar-refractivity contribution is 0.413. The van der Waals surface area contributed by atoms with Crippen LogP contribution in [0.4, 0.5) is 13.2 Å². The number of hydrogen-bond donors (Lipinski definition) is 0. The molecule has 0 aliphatic carbocycles. The molecule has 2 nitrogen and oxygen atoms in total. The normalized spacial score (nSPS) is 10.4. The molecule has 2 aromatic rings. The number of methoxy groups -OCH3 is 1. The highest BCUT2D eigenvalue weighted by molar-refractivity contribution is 5.64. The average molecular weight is 239 g/mol. The smallest absolute Gasteiger partial charge is 0.195 e. The first-order valence-electron chi connectivity index (χ1n) is 4.76. The van der Waals surface area contributed by atoms with E-state index in [-0.39, 0.29) is 5.56 Å². The van der Waals surface area contributed by atoms with E-state index in [9.17, 15) is 13.2 Å². The zero-order chi connectivity index (χ0) is 12.4. The van der Waals surface area contributed by atoms with Crippen molar-refractivity contribution in [2.45, 2.75) is 0 Å². The van der Waals surface area contributed by atoms with Gasteiger partial charge >= 0.3 is 0 Å². The first kappa shape index (κ1) is 11.4. The van der Waals surface area contributed by atoms with Crippen LogP contribution in [0.2, 0.25) is 0 Å². The molecule has 0 saturated carbocycles. The zero-order valence-electron chi connectivity index (χ0n) is 8.88. The Morgan fingerprint density at radius 1 is 1.06 bits per heavy atom. The molecule has 2 rings (SSSR count). The molecule has 0 aliphatic rings. The Bertz CT molecular complexity index is 557. The summed E-state index contributed by atoms with van der Waals surface area (Å²) in [5.74, 6) is -3.54. The largest absolute Gasteiger partial charge is 0.495 e. The fourth-order valence-electron chi connectivity index (χ4n) is 1.43. The van der Waals surface area contributed by atoms with Crippen LogP contribution in [0.15, 0.2) is 30.6 Å². The van der Waals surface area contributed by atoms with Gasteiger partial charge in [-0.25, -0.2) is 13.2 Å². The summed E-state index contributed by atoms with van der Waals surface area (Å²) in [6, 6.07) is 3.51. The third-order valence-electron chi connectivity index (χ3n) is 2.30. The van der Waals surface area contributed by atoms with E-state index in [1.165, 1.54) is 25.6 Å². The van der Waals surface area contributed by atoms with Crippen molar-refractivity contribution in [3.63, 3.8) is 0 Å². The lowest BCUT2D eigenvalue weighted by Gasteiger charge is -2.06. The SMILES string of the molecule is COc1cncc(-c2ccc(F)c(F)c2F)c1. The topological polar surface area (TPSA) is 22.1 Å². The molecule has 0 amide bonds. The quantitative estimate of drug-likeness (QED) is 0.751. The first-order chi connectivity index (χ1) is 8.13. The van der Waals surface area contributed by atoms with Gasteiger partial charge in [-0.1, -0.05) is 0 Å². The summed E-state index contributed by atoms with van der Waals surface area (Å²) in [5.41, 5.74) is 0.260. The van der Waals surface area contributed by atoms with E-state index in [2.05, 4.69) is 4.98 Å². The number of benzene rings is 1. The molecular formula is C12H8F3NO. The molecule has 0 radical (unpaired) electrons. The summed E-state index contributed by atoms with van der Waals surface area (Å²) < 4.78 is 44.2. The fourth-order valence-corrected chi connectivity index (χ4v) is 1.43. The van der Waals surface area contributed by atoms with Crippen LogP contribution < -0.4 is 4.74 Å². The molecule has 0 atom stereocenters. The third kappa shape index (κ3) is 2.08. The molecule has 17 heavy (non-hydrogen) atoms. The van der Waals surface area contributed by atoms with Crippen molar-refractivity contribution in [2.75, 3.05) is 7.11 Å². The second kappa shape index (κ2) is 4.45. The number of pyridine rings is 1. The molecule has 0 aliphatic heterocycles. The highest BCUT2D eigenvalue weighted by atomic mass is 19.2. The molecule has 5 heteroatoms. The van der Waals surface area contributed by atoms with Gasteiger partial charge in [-0.3, -0.25) is 4.98 Å². The molecule has 1 heterocycles. The van der Waals surface area contributed by atoms with Crippen molar-refractivity contribution >= 4 is 0 Å². The van der Waals surface area contributed by atoms with Crippen LogP contribution in [0.5, 0.6) is 5.75 Å². The van der Waals surface area contributed by atoms with Crippen LogP contribution in [0.3, 0.4) is 0 Å². The molecule has 0 unspecified atom stereocenters. The monoisotopic (exact) mass is 239 g/mol. The second-order valence-electron chi connectivity index (χ2n) is 3.34. The van der Waals surface area contributed by atoms with Crippen molar-refractivity contribution < 1.29 is 17.9 Å². The van der Waals surface area contributed by atoms with Crippen LogP contribution >= 0.6 is 0 Å². The fraction of sp³-hybridized carbons (Fsp3) is 0.0833. The Kier molecular flexibility index (Phi) is 2.99. The maximum Gasteiger partial charge on any atom is 0.195 e. The molecule has 1 aromatic carbocycles. The molecule has 0 fully saturated rings. The maximum atomic E-state index is 13.5. The summed E-state index contributed by atoms with van der Waals surface area (Å²) in [5, 5.41) is 0. The van der Waals surface area contributed by atoms with Gasteiger partial charge in [0.2, 0.25) is 0 Å². The van der Waals surface area contributed by atoms with E-state index in [1.807, 2.05) is 0 Å². The van der Waals surface area contributed by atoms with E-state index in [4.69, 9.17) is 4.74 Å². The van der Waals surface area contributed by atoms with Gasteiger partial charge in [-0.05, 0) is 18.2 Å². The molecule has 0 N–H and O–H groups in total. The molecule has 0 saturated heterocycles. The number of ether oxygens (including phenoxy) is 1. The van der Waals surface area contributed by atoms with Crippen LogP contribution in [-0.2, 0) is 0 Å². The Morgan fingerprint density at radius 3 is 2.53 bits per heavy atom. The number of rotatable bonds is 2. The van der Waals surface area contributed by atoms with Gasteiger partial charge in [0.1, 0.15) is 5.75 Å². The minimum absolute atomic E-state index is 0.0599. The van der Waals surface area contributed by atoms with Crippen molar-refractivity contribution in [3.05, 3.63) is 48.0 Å². The number of hydrogen-bond acceptors (Lipinski definition) is 2. The summed E-state index contributed by atoms with van der Waals surface area (Å²) in [6.07, 6.45) is 2.78. The molecule has 88 valence electrons. The van der Waals surface area contributed by atoms with Crippen molar-refractivity contribution in [1.29, 1.82) is 0 Å². The van der Waals surface area contributed by atoms with Gasteiger partial charge in [0.05, 0.1) is 13.3 Å². The van der Waals surface area contributed by atoms with Crippen molar-refractivity contribution in [3.8, 4) is 16.9 Å². The van der Waals surface area contributed by atoms with Gasteiger partial charge < -0.3 is 4.74 Å². The number of nitrogens with zero attached hydrogens (tertiary/aromatic N) is 1. The van der Waals surface area contributed by atoms with Crippen LogP contribution in [-0.4, -0.2) is 12.1 Å². The van der Waals surface area contributed by atoms with E-state index in [0.29, 0.717) is 11.3 Å². The molecule has 0 spiro atoms. The maximum absolute atomic E-state index is 13.5. The number of halogens is 3. The lowest BCUT2D eigenvalue weighted by atomic mass is 10.1. The van der Waals surface area contributed by atoms with Gasteiger partial charge in [0, 0.05) is 17.3 Å². The zero-order valence-corrected chi connectivity index (χ0v) is 8.88. The van der Waals surface area contributed by atoms with Gasteiger partial charge in [0.15, 0.2) is 17.5 Å². The molecular weight excluding hydrogens is 231 g/mol. The average Bonchev–Trinajstić information content (AvgIpc) is 2.36. The van der Waals surface area contributed by atoms with E-state index in [0.717, 1.165) is 12.1 Å². The van der Waals surface area contributed by atoms with E-state index < -0.39 is 17.5 Å². The summed E-state index contributed by atoms with van der Waals surface area (Å²) in [7, 11) is 1.43. The van der Waals surface area contributed by atoms with E-state index in [1.54, 1.807) is 0 Å². The summed E-state index contributed by atoms with van der Waals surface area (Å²) in [4.78, 5) is 3.82.